The quantitative estimate of drug-likeness (QED) is 0.378. The van der Waals surface area contributed by atoms with Crippen molar-refractivity contribution in [2.75, 3.05) is 39.5 Å². The number of morpholine rings is 1. The smallest absolute Gasteiger partial charge is 0.293 e. The lowest BCUT2D eigenvalue weighted by molar-refractivity contribution is -0.135. The molecule has 0 spiro atoms. The number of benzene rings is 2. The molecule has 2 aliphatic heterocycles. The Balaban J connectivity index is 1.33. The fourth-order valence-corrected chi connectivity index (χ4v) is 5.44. The molecule has 3 aromatic rings. The van der Waals surface area contributed by atoms with Crippen LogP contribution in [0.2, 0.25) is 0 Å². The van der Waals surface area contributed by atoms with Gasteiger partial charge in [0.1, 0.15) is 24.7 Å². The Morgan fingerprint density at radius 3 is 2.65 bits per heavy atom. The van der Waals surface area contributed by atoms with Gasteiger partial charge in [-0.25, -0.2) is 4.39 Å². The molecule has 0 unspecified atom stereocenters. The highest BCUT2D eigenvalue weighted by molar-refractivity contribution is 9.10. The van der Waals surface area contributed by atoms with Crippen LogP contribution in [0.4, 0.5) is 9.18 Å². The lowest BCUT2D eigenvalue weighted by atomic mass is 10.1. The average molecular weight is 588 g/mol. The molecule has 1 aromatic heterocycles. The summed E-state index contributed by atoms with van der Waals surface area (Å²) in [5, 5.41) is 0.474. The summed E-state index contributed by atoms with van der Waals surface area (Å²) in [4.78, 5) is 41.7. The first-order valence-corrected chi connectivity index (χ1v) is 13.3. The predicted octanol–water partition coefficient (Wildman–Crippen LogP) is 4.52. The number of rotatable bonds is 7. The Kier molecular flexibility index (Phi) is 7.63. The SMILES string of the molecule is O=C(Cn1cc(/C=C2\SC(=O)N(CCOc3ccc(F)cc3)C2=O)c2cc(Br)ccc21)N1CCOCC1. The summed E-state index contributed by atoms with van der Waals surface area (Å²) in [6, 6.07) is 11.3. The van der Waals surface area contributed by atoms with Gasteiger partial charge in [0.25, 0.3) is 11.1 Å². The van der Waals surface area contributed by atoms with Gasteiger partial charge in [0.05, 0.1) is 24.7 Å². The second-order valence-electron chi connectivity index (χ2n) is 8.50. The summed E-state index contributed by atoms with van der Waals surface area (Å²) in [5.74, 6) is -0.328. The van der Waals surface area contributed by atoms with Crippen LogP contribution in [0.15, 0.2) is 58.0 Å². The molecule has 2 aromatic carbocycles. The fourth-order valence-electron chi connectivity index (χ4n) is 4.22. The van der Waals surface area contributed by atoms with Gasteiger partial charge in [0, 0.05) is 40.2 Å². The maximum absolute atomic E-state index is 13.1. The van der Waals surface area contributed by atoms with Crippen LogP contribution in [0.1, 0.15) is 5.56 Å². The summed E-state index contributed by atoms with van der Waals surface area (Å²) in [7, 11) is 0. The Hall–Kier alpha value is -3.15. The van der Waals surface area contributed by atoms with E-state index in [9.17, 15) is 18.8 Å². The van der Waals surface area contributed by atoms with Crippen LogP contribution in [0.5, 0.6) is 5.75 Å². The third kappa shape index (κ3) is 5.73. The summed E-state index contributed by atoms with van der Waals surface area (Å²) in [6.07, 6.45) is 3.53. The van der Waals surface area contributed by atoms with Crippen molar-refractivity contribution in [2.24, 2.45) is 0 Å². The molecule has 0 radical (unpaired) electrons. The van der Waals surface area contributed by atoms with E-state index in [0.29, 0.717) is 37.0 Å². The third-order valence-corrected chi connectivity index (χ3v) is 7.50. The first-order valence-electron chi connectivity index (χ1n) is 11.7. The molecule has 3 amide bonds. The number of thioether (sulfide) groups is 1. The van der Waals surface area contributed by atoms with Gasteiger partial charge in [-0.15, -0.1) is 0 Å². The molecule has 0 bridgehead atoms. The maximum atomic E-state index is 13.1. The molecule has 2 fully saturated rings. The van der Waals surface area contributed by atoms with Crippen LogP contribution < -0.4 is 4.74 Å². The molecule has 11 heteroatoms. The first kappa shape index (κ1) is 25.5. The van der Waals surface area contributed by atoms with E-state index in [1.54, 1.807) is 11.0 Å². The van der Waals surface area contributed by atoms with Crippen LogP contribution in [0, 0.1) is 5.82 Å². The van der Waals surface area contributed by atoms with Gasteiger partial charge >= 0.3 is 0 Å². The van der Waals surface area contributed by atoms with Gasteiger partial charge in [0.2, 0.25) is 5.91 Å². The van der Waals surface area contributed by atoms with E-state index in [1.165, 1.54) is 24.3 Å². The zero-order chi connectivity index (χ0) is 25.9. The number of hydrogen-bond donors (Lipinski definition) is 0. The highest BCUT2D eigenvalue weighted by Gasteiger charge is 2.35. The van der Waals surface area contributed by atoms with Crippen LogP contribution in [-0.4, -0.2) is 70.9 Å². The molecule has 2 aliphatic rings. The zero-order valence-corrected chi connectivity index (χ0v) is 22.1. The molecule has 0 aliphatic carbocycles. The molecule has 5 rings (SSSR count). The van der Waals surface area contributed by atoms with Crippen molar-refractivity contribution in [1.29, 1.82) is 0 Å². The van der Waals surface area contributed by atoms with Crippen molar-refractivity contribution in [3.63, 3.8) is 0 Å². The Morgan fingerprint density at radius 2 is 1.89 bits per heavy atom. The molecule has 192 valence electrons. The Morgan fingerprint density at radius 1 is 1.14 bits per heavy atom. The molecule has 0 atom stereocenters. The summed E-state index contributed by atoms with van der Waals surface area (Å²) in [5.41, 5.74) is 1.59. The molecule has 37 heavy (non-hydrogen) atoms. The minimum Gasteiger partial charge on any atom is -0.492 e. The molecule has 2 saturated heterocycles. The second-order valence-corrected chi connectivity index (χ2v) is 10.4. The van der Waals surface area contributed by atoms with Crippen molar-refractivity contribution in [3.05, 3.63) is 69.4 Å². The van der Waals surface area contributed by atoms with Crippen LogP contribution in [0.3, 0.4) is 0 Å². The van der Waals surface area contributed by atoms with Crippen LogP contribution >= 0.6 is 27.7 Å². The van der Waals surface area contributed by atoms with E-state index in [0.717, 1.165) is 37.6 Å². The van der Waals surface area contributed by atoms with E-state index in [2.05, 4.69) is 15.9 Å². The zero-order valence-electron chi connectivity index (χ0n) is 19.7. The van der Waals surface area contributed by atoms with Gasteiger partial charge in [-0.05, 0) is 60.3 Å². The number of amides is 3. The average Bonchev–Trinajstić information content (AvgIpc) is 3.36. The van der Waals surface area contributed by atoms with Crippen molar-refractivity contribution >= 4 is 61.7 Å². The molecule has 8 nitrogen and oxygen atoms in total. The van der Waals surface area contributed by atoms with Crippen molar-refractivity contribution in [1.82, 2.24) is 14.4 Å². The van der Waals surface area contributed by atoms with Crippen LogP contribution in [-0.2, 0) is 20.9 Å². The predicted molar refractivity (Wildman–Crippen MR) is 142 cm³/mol. The number of imide groups is 1. The Labute approximate surface area is 225 Å². The number of nitrogens with zero attached hydrogens (tertiary/aromatic N) is 3. The topological polar surface area (TPSA) is 81.1 Å². The van der Waals surface area contributed by atoms with Crippen LogP contribution in [0.25, 0.3) is 17.0 Å². The minimum atomic E-state index is -0.405. The highest BCUT2D eigenvalue weighted by atomic mass is 79.9. The Bertz CT molecular complexity index is 1380. The van der Waals surface area contributed by atoms with Crippen molar-refractivity contribution < 1.29 is 28.2 Å². The van der Waals surface area contributed by atoms with Crippen molar-refractivity contribution in [2.45, 2.75) is 6.54 Å². The summed E-state index contributed by atoms with van der Waals surface area (Å²) in [6.45, 7) is 2.51. The molecule has 0 N–H and O–H groups in total. The number of hydrogen-bond acceptors (Lipinski definition) is 6. The van der Waals surface area contributed by atoms with Gasteiger partial charge in [0.15, 0.2) is 0 Å². The van der Waals surface area contributed by atoms with E-state index in [-0.39, 0.29) is 36.7 Å². The van der Waals surface area contributed by atoms with E-state index in [4.69, 9.17) is 9.47 Å². The number of aromatic nitrogens is 1. The maximum Gasteiger partial charge on any atom is 0.293 e. The normalized spacial score (nSPS) is 17.3. The van der Waals surface area contributed by atoms with E-state index >= 15 is 0 Å². The van der Waals surface area contributed by atoms with Gasteiger partial charge in [-0.2, -0.15) is 0 Å². The minimum absolute atomic E-state index is 0.00357. The molecule has 0 saturated carbocycles. The number of carbonyl (C=O) groups is 3. The van der Waals surface area contributed by atoms with Gasteiger partial charge in [-0.3, -0.25) is 19.3 Å². The number of halogens is 2. The summed E-state index contributed by atoms with van der Waals surface area (Å²) < 4.78 is 26.7. The first-order chi connectivity index (χ1) is 17.9. The van der Waals surface area contributed by atoms with E-state index in [1.807, 2.05) is 29.0 Å². The highest BCUT2D eigenvalue weighted by Crippen LogP contribution is 2.35. The van der Waals surface area contributed by atoms with Crippen molar-refractivity contribution in [3.8, 4) is 5.75 Å². The van der Waals surface area contributed by atoms with E-state index < -0.39 is 5.91 Å². The number of ether oxygens (including phenoxy) is 2. The second kappa shape index (κ2) is 11.1. The molecule has 3 heterocycles. The summed E-state index contributed by atoms with van der Waals surface area (Å²) >= 11 is 4.36. The van der Waals surface area contributed by atoms with Gasteiger partial charge in [-0.1, -0.05) is 15.9 Å². The molecular formula is C26H23BrFN3O5S. The largest absolute Gasteiger partial charge is 0.492 e. The standard InChI is InChI=1S/C26H23BrFN3O5S/c27-18-1-6-22-21(14-18)17(15-30(22)16-24(32)29-7-10-35-11-8-29)13-23-25(33)31(26(34)37-23)9-12-36-20-4-2-19(28)3-5-20/h1-6,13-15H,7-12,16H2/b23-13-. The lowest BCUT2D eigenvalue weighted by Gasteiger charge is -2.27. The monoisotopic (exact) mass is 587 g/mol. The third-order valence-electron chi connectivity index (χ3n) is 6.10. The molecular weight excluding hydrogens is 565 g/mol. The number of fused-ring (bicyclic) bond motifs is 1. The lowest BCUT2D eigenvalue weighted by Crippen LogP contribution is -2.42. The fraction of sp³-hybridized carbons (Fsp3) is 0.269. The van der Waals surface area contributed by atoms with Gasteiger partial charge < -0.3 is 18.9 Å². The number of carbonyl (C=O) groups excluding carboxylic acids is 3.